The molecule has 10 heteroatoms. The van der Waals surface area contributed by atoms with Gasteiger partial charge >= 0.3 is 12.1 Å². The van der Waals surface area contributed by atoms with Crippen LogP contribution >= 0.6 is 0 Å². The molecule has 0 saturated carbocycles. The summed E-state index contributed by atoms with van der Waals surface area (Å²) in [5, 5.41) is 11.3. The van der Waals surface area contributed by atoms with E-state index < -0.39 is 24.7 Å². The second-order valence-electron chi connectivity index (χ2n) is 4.94. The van der Waals surface area contributed by atoms with Gasteiger partial charge in [0.15, 0.2) is 6.61 Å². The first kappa shape index (κ1) is 18.3. The van der Waals surface area contributed by atoms with E-state index in [-0.39, 0.29) is 35.2 Å². The first-order chi connectivity index (χ1) is 11.7. The van der Waals surface area contributed by atoms with Gasteiger partial charge in [-0.15, -0.1) is 0 Å². The Morgan fingerprint density at radius 1 is 1.36 bits per heavy atom. The monoisotopic (exact) mass is 358 g/mol. The van der Waals surface area contributed by atoms with Crippen molar-refractivity contribution in [2.45, 2.75) is 19.6 Å². The number of amides is 1. The van der Waals surface area contributed by atoms with E-state index in [1.807, 2.05) is 0 Å². The molecular formula is C15H13F3N2O5. The van der Waals surface area contributed by atoms with Gasteiger partial charge in [0, 0.05) is 6.07 Å². The number of carbonyl (C=O) groups is 2. The molecule has 25 heavy (non-hydrogen) atoms. The zero-order chi connectivity index (χ0) is 18.6. The fourth-order valence-corrected chi connectivity index (χ4v) is 1.88. The summed E-state index contributed by atoms with van der Waals surface area (Å²) in [4.78, 5) is 26.6. The van der Waals surface area contributed by atoms with Crippen molar-refractivity contribution < 1.29 is 37.0 Å². The van der Waals surface area contributed by atoms with E-state index >= 15 is 0 Å². The number of hydrogen-bond donors (Lipinski definition) is 2. The van der Waals surface area contributed by atoms with Gasteiger partial charge < -0.3 is 19.6 Å². The van der Waals surface area contributed by atoms with Crippen molar-refractivity contribution >= 4 is 11.9 Å². The number of alkyl halides is 3. The van der Waals surface area contributed by atoms with E-state index in [9.17, 15) is 22.8 Å². The quantitative estimate of drug-likeness (QED) is 0.823. The predicted molar refractivity (Wildman–Crippen MR) is 77.4 cm³/mol. The number of hydrogen-bond acceptors (Lipinski definition) is 5. The molecule has 2 N–H and O–H groups in total. The molecule has 2 rings (SSSR count). The zero-order valence-electron chi connectivity index (χ0n) is 12.9. The van der Waals surface area contributed by atoms with Gasteiger partial charge in [-0.2, -0.15) is 13.2 Å². The molecule has 0 spiro atoms. The molecule has 0 unspecified atom stereocenters. The van der Waals surface area contributed by atoms with Gasteiger partial charge in [0.2, 0.25) is 5.88 Å². The highest BCUT2D eigenvalue weighted by Crippen LogP contribution is 2.17. The van der Waals surface area contributed by atoms with E-state index in [0.717, 1.165) is 0 Å². The highest BCUT2D eigenvalue weighted by atomic mass is 19.4. The van der Waals surface area contributed by atoms with E-state index in [1.165, 1.54) is 31.2 Å². The van der Waals surface area contributed by atoms with Crippen LogP contribution in [0.1, 0.15) is 32.4 Å². The van der Waals surface area contributed by atoms with Crippen LogP contribution in [0.4, 0.5) is 13.2 Å². The summed E-state index contributed by atoms with van der Waals surface area (Å²) < 4.78 is 46.0. The lowest BCUT2D eigenvalue weighted by molar-refractivity contribution is -0.154. The summed E-state index contributed by atoms with van der Waals surface area (Å²) >= 11 is 0. The van der Waals surface area contributed by atoms with E-state index in [1.54, 1.807) is 0 Å². The summed E-state index contributed by atoms with van der Waals surface area (Å²) in [5.41, 5.74) is -0.175. The lowest BCUT2D eigenvalue weighted by Crippen LogP contribution is -2.24. The first-order valence-electron chi connectivity index (χ1n) is 6.93. The number of rotatable bonds is 6. The highest BCUT2D eigenvalue weighted by Gasteiger charge is 2.28. The van der Waals surface area contributed by atoms with Crippen molar-refractivity contribution in [1.29, 1.82) is 0 Å². The number of aromatic nitrogens is 1. The number of nitrogens with zero attached hydrogens (tertiary/aromatic N) is 1. The van der Waals surface area contributed by atoms with Crippen LogP contribution in [0.25, 0.3) is 0 Å². The molecule has 0 aliphatic rings. The number of carbonyl (C=O) groups excluding carboxylic acids is 1. The number of aromatic carboxylic acids is 1. The molecular weight excluding hydrogens is 345 g/mol. The fraction of sp³-hybridized carbons (Fsp3) is 0.267. The zero-order valence-corrected chi connectivity index (χ0v) is 12.9. The summed E-state index contributed by atoms with van der Waals surface area (Å²) in [6.45, 7) is -0.158. The number of aryl methyl sites for hydroxylation is 1. The molecule has 0 aliphatic heterocycles. The normalized spacial score (nSPS) is 11.2. The largest absolute Gasteiger partial charge is 0.478 e. The third kappa shape index (κ3) is 5.23. The fourth-order valence-electron chi connectivity index (χ4n) is 1.88. The van der Waals surface area contributed by atoms with Crippen LogP contribution in [0.15, 0.2) is 28.7 Å². The molecule has 2 aromatic heterocycles. The molecule has 134 valence electrons. The van der Waals surface area contributed by atoms with Gasteiger partial charge in [0.25, 0.3) is 5.91 Å². The Bertz CT molecular complexity index is 786. The Labute approximate surface area is 139 Å². The van der Waals surface area contributed by atoms with E-state index in [0.29, 0.717) is 0 Å². The molecule has 1 amide bonds. The minimum Gasteiger partial charge on any atom is -0.478 e. The Morgan fingerprint density at radius 2 is 2.08 bits per heavy atom. The lowest BCUT2D eigenvalue weighted by atomic mass is 10.2. The average molecular weight is 358 g/mol. The molecule has 0 aromatic carbocycles. The third-order valence-electron chi connectivity index (χ3n) is 2.96. The van der Waals surface area contributed by atoms with Gasteiger partial charge in [-0.25, -0.2) is 9.78 Å². The van der Waals surface area contributed by atoms with Crippen LogP contribution < -0.4 is 10.1 Å². The number of ether oxygens (including phenoxy) is 1. The summed E-state index contributed by atoms with van der Waals surface area (Å²) in [6.07, 6.45) is -4.51. The number of nitrogens with one attached hydrogen (secondary N) is 1. The van der Waals surface area contributed by atoms with Crippen molar-refractivity contribution in [2.24, 2.45) is 0 Å². The number of halogens is 3. The smallest absolute Gasteiger partial charge is 0.422 e. The Hall–Kier alpha value is -3.04. The third-order valence-corrected chi connectivity index (χ3v) is 2.96. The van der Waals surface area contributed by atoms with Crippen molar-refractivity contribution in [3.63, 3.8) is 0 Å². The van der Waals surface area contributed by atoms with Gasteiger partial charge in [-0.05, 0) is 19.1 Å². The summed E-state index contributed by atoms with van der Waals surface area (Å²) in [7, 11) is 0. The van der Waals surface area contributed by atoms with Crippen LogP contribution in [0.3, 0.4) is 0 Å². The second kappa shape index (κ2) is 7.24. The van der Waals surface area contributed by atoms with Gasteiger partial charge in [0.05, 0.1) is 6.54 Å². The number of furan rings is 1. The van der Waals surface area contributed by atoms with Crippen molar-refractivity contribution in [1.82, 2.24) is 10.3 Å². The predicted octanol–water partition coefficient (Wildman–Crippen LogP) is 2.55. The number of carboxylic acid groups (broad SMARTS) is 1. The van der Waals surface area contributed by atoms with E-state index in [2.05, 4.69) is 15.0 Å². The first-order valence-corrected chi connectivity index (χ1v) is 6.93. The molecule has 2 heterocycles. The second-order valence-corrected chi connectivity index (χ2v) is 4.94. The van der Waals surface area contributed by atoms with Crippen molar-refractivity contribution in [3.8, 4) is 5.88 Å². The van der Waals surface area contributed by atoms with Crippen LogP contribution in [0, 0.1) is 6.92 Å². The maximum Gasteiger partial charge on any atom is 0.422 e. The Kier molecular flexibility index (Phi) is 5.30. The van der Waals surface area contributed by atoms with Crippen LogP contribution in [0.5, 0.6) is 5.88 Å². The summed E-state index contributed by atoms with van der Waals surface area (Å²) in [5.74, 6) is -1.77. The molecule has 0 atom stereocenters. The maximum atomic E-state index is 12.1. The van der Waals surface area contributed by atoms with Gasteiger partial charge in [-0.1, -0.05) is 6.07 Å². The SMILES string of the molecule is Cc1oc(CNC(=O)c2cccc(OCC(F)(F)F)n2)cc1C(=O)O. The molecule has 0 fully saturated rings. The minimum atomic E-state index is -4.51. The van der Waals surface area contributed by atoms with Crippen LogP contribution in [-0.2, 0) is 6.54 Å². The maximum absolute atomic E-state index is 12.1. The topological polar surface area (TPSA) is 102 Å². The lowest BCUT2D eigenvalue weighted by Gasteiger charge is -2.09. The van der Waals surface area contributed by atoms with Gasteiger partial charge in [-0.3, -0.25) is 4.79 Å². The molecule has 0 bridgehead atoms. The van der Waals surface area contributed by atoms with Crippen molar-refractivity contribution in [2.75, 3.05) is 6.61 Å². The Balaban J connectivity index is 1.99. The highest BCUT2D eigenvalue weighted by molar-refractivity contribution is 5.92. The molecule has 0 saturated heterocycles. The average Bonchev–Trinajstić information content (AvgIpc) is 2.91. The standard InChI is InChI=1S/C15H13F3N2O5/c1-8-10(14(22)23)5-9(25-8)6-19-13(21)11-3-2-4-12(20-11)24-7-15(16,17)18/h2-5H,6-7H2,1H3,(H,19,21)(H,22,23). The summed E-state index contributed by atoms with van der Waals surface area (Å²) in [6, 6.07) is 5.09. The van der Waals surface area contributed by atoms with Crippen LogP contribution in [0.2, 0.25) is 0 Å². The van der Waals surface area contributed by atoms with Crippen molar-refractivity contribution in [3.05, 3.63) is 47.0 Å². The molecule has 0 aliphatic carbocycles. The van der Waals surface area contributed by atoms with Gasteiger partial charge in [0.1, 0.15) is 22.8 Å². The molecule has 2 aromatic rings. The number of carboxylic acids is 1. The Morgan fingerprint density at radius 3 is 2.68 bits per heavy atom. The molecule has 0 radical (unpaired) electrons. The number of pyridine rings is 1. The molecule has 7 nitrogen and oxygen atoms in total. The minimum absolute atomic E-state index is 0.0232. The van der Waals surface area contributed by atoms with Crippen LogP contribution in [-0.4, -0.2) is 34.8 Å². The van der Waals surface area contributed by atoms with E-state index in [4.69, 9.17) is 9.52 Å².